The molecule has 1 N–H and O–H groups in total. The lowest BCUT2D eigenvalue weighted by atomic mass is 10.2. The van der Waals surface area contributed by atoms with Gasteiger partial charge in [0.25, 0.3) is 0 Å². The summed E-state index contributed by atoms with van der Waals surface area (Å²) in [4.78, 5) is 11.0. The Morgan fingerprint density at radius 3 is 2.59 bits per heavy atom. The number of hydrogen-bond donors (Lipinski definition) is 1. The fraction of sp³-hybridized carbons (Fsp3) is 0.364. The highest BCUT2D eigenvalue weighted by atomic mass is 79.9. The average molecular weight is 340 g/mol. The van der Waals surface area contributed by atoms with E-state index in [1.165, 1.54) is 13.8 Å². The molecule has 1 aromatic rings. The largest absolute Gasteiger partial charge is 0.480 e. The molecule has 1 atom stereocenters. The Morgan fingerprint density at radius 2 is 2.12 bits per heavy atom. The van der Waals surface area contributed by atoms with Gasteiger partial charge >= 0.3 is 5.97 Å². The molecule has 17 heavy (non-hydrogen) atoms. The standard InChI is InChI=1S/C11H12BrClO3S/c1-11(2,10(14)15)17(16)6-7-3-4-8(12)5-9(7)13/h3-5H,6H2,1-2H3,(H,14,15). The molecule has 94 valence electrons. The predicted octanol–water partition coefficient (Wildman–Crippen LogP) is 3.21. The Bertz CT molecular complexity index is 474. The highest BCUT2D eigenvalue weighted by molar-refractivity contribution is 9.10. The molecule has 0 bridgehead atoms. The van der Waals surface area contributed by atoms with Crippen molar-refractivity contribution in [1.29, 1.82) is 0 Å². The van der Waals surface area contributed by atoms with E-state index in [0.717, 1.165) is 4.47 Å². The van der Waals surface area contributed by atoms with Gasteiger partial charge in [-0.25, -0.2) is 0 Å². The van der Waals surface area contributed by atoms with Crippen LogP contribution in [0.5, 0.6) is 0 Å². The molecule has 0 heterocycles. The average Bonchev–Trinajstić information content (AvgIpc) is 2.21. The van der Waals surface area contributed by atoms with Gasteiger partial charge in [-0.2, -0.15) is 0 Å². The van der Waals surface area contributed by atoms with Gasteiger partial charge in [0.1, 0.15) is 4.75 Å². The van der Waals surface area contributed by atoms with E-state index in [1.807, 2.05) is 0 Å². The van der Waals surface area contributed by atoms with Crippen LogP contribution in [0, 0.1) is 0 Å². The van der Waals surface area contributed by atoms with Crippen molar-refractivity contribution in [3.8, 4) is 0 Å². The van der Waals surface area contributed by atoms with Crippen molar-refractivity contribution >= 4 is 44.3 Å². The zero-order chi connectivity index (χ0) is 13.2. The fourth-order valence-electron chi connectivity index (χ4n) is 1.06. The van der Waals surface area contributed by atoms with Crippen LogP contribution < -0.4 is 0 Å². The summed E-state index contributed by atoms with van der Waals surface area (Å²) >= 11 is 9.26. The lowest BCUT2D eigenvalue weighted by molar-refractivity contribution is -0.139. The Morgan fingerprint density at radius 1 is 1.53 bits per heavy atom. The third-order valence-corrected chi connectivity index (χ3v) is 5.12. The monoisotopic (exact) mass is 338 g/mol. The van der Waals surface area contributed by atoms with Gasteiger partial charge in [0.15, 0.2) is 0 Å². The van der Waals surface area contributed by atoms with E-state index >= 15 is 0 Å². The second-order valence-electron chi connectivity index (χ2n) is 4.04. The number of hydrogen-bond acceptors (Lipinski definition) is 2. The van der Waals surface area contributed by atoms with E-state index < -0.39 is 21.5 Å². The maximum atomic E-state index is 12.0. The first-order valence-corrected chi connectivity index (χ1v) is 7.30. The Labute approximate surface area is 116 Å². The maximum Gasteiger partial charge on any atom is 0.321 e. The van der Waals surface area contributed by atoms with Crippen molar-refractivity contribution in [2.75, 3.05) is 0 Å². The maximum absolute atomic E-state index is 12.0. The minimum Gasteiger partial charge on any atom is -0.480 e. The highest BCUT2D eigenvalue weighted by Gasteiger charge is 2.34. The zero-order valence-corrected chi connectivity index (χ0v) is 12.5. The number of rotatable bonds is 4. The van der Waals surface area contributed by atoms with Crippen molar-refractivity contribution in [2.45, 2.75) is 24.3 Å². The molecule has 0 aromatic heterocycles. The molecule has 6 heteroatoms. The summed E-state index contributed by atoms with van der Waals surface area (Å²) in [5.74, 6) is -0.949. The lowest BCUT2D eigenvalue weighted by Gasteiger charge is -2.18. The summed E-state index contributed by atoms with van der Waals surface area (Å²) in [6.07, 6.45) is 0. The highest BCUT2D eigenvalue weighted by Crippen LogP contribution is 2.25. The molecular weight excluding hydrogens is 328 g/mol. The Hall–Kier alpha value is -0.390. The Balaban J connectivity index is 2.92. The van der Waals surface area contributed by atoms with E-state index in [2.05, 4.69) is 15.9 Å². The molecule has 1 rings (SSSR count). The van der Waals surface area contributed by atoms with Crippen LogP contribution in [0.25, 0.3) is 0 Å². The van der Waals surface area contributed by atoms with Crippen molar-refractivity contribution in [2.24, 2.45) is 0 Å². The molecule has 0 saturated heterocycles. The molecule has 1 aromatic carbocycles. The van der Waals surface area contributed by atoms with Gasteiger partial charge < -0.3 is 5.11 Å². The van der Waals surface area contributed by atoms with Crippen LogP contribution in [0.3, 0.4) is 0 Å². The van der Waals surface area contributed by atoms with Crippen LogP contribution in [-0.4, -0.2) is 20.0 Å². The van der Waals surface area contributed by atoms with Crippen LogP contribution in [0.15, 0.2) is 22.7 Å². The van der Waals surface area contributed by atoms with Gasteiger partial charge in [0.2, 0.25) is 0 Å². The van der Waals surface area contributed by atoms with Crippen LogP contribution in [0.4, 0.5) is 0 Å². The topological polar surface area (TPSA) is 54.4 Å². The molecule has 0 spiro atoms. The third kappa shape index (κ3) is 3.53. The van der Waals surface area contributed by atoms with Crippen LogP contribution in [0.1, 0.15) is 19.4 Å². The Kier molecular flexibility index (Phi) is 4.75. The van der Waals surface area contributed by atoms with Gasteiger partial charge in [0.05, 0.1) is 5.75 Å². The number of benzene rings is 1. The van der Waals surface area contributed by atoms with Crippen molar-refractivity contribution in [1.82, 2.24) is 0 Å². The van der Waals surface area contributed by atoms with Crippen LogP contribution in [0.2, 0.25) is 5.02 Å². The smallest absolute Gasteiger partial charge is 0.321 e. The number of aliphatic carboxylic acids is 1. The van der Waals surface area contributed by atoms with Gasteiger partial charge in [-0.05, 0) is 31.5 Å². The second kappa shape index (κ2) is 5.50. The van der Waals surface area contributed by atoms with Crippen LogP contribution >= 0.6 is 27.5 Å². The minimum atomic E-state index is -1.53. The third-order valence-electron chi connectivity index (χ3n) is 2.39. The van der Waals surface area contributed by atoms with Gasteiger partial charge in [-0.1, -0.05) is 33.6 Å². The van der Waals surface area contributed by atoms with Crippen molar-refractivity contribution in [3.05, 3.63) is 33.3 Å². The van der Waals surface area contributed by atoms with E-state index in [0.29, 0.717) is 10.6 Å². The first kappa shape index (κ1) is 14.7. The molecule has 0 aliphatic carbocycles. The molecular formula is C11H12BrClO3S. The molecule has 3 nitrogen and oxygen atoms in total. The van der Waals surface area contributed by atoms with Crippen molar-refractivity contribution in [3.63, 3.8) is 0 Å². The fourth-order valence-corrected chi connectivity index (χ4v) is 2.97. The van der Waals surface area contributed by atoms with E-state index in [4.69, 9.17) is 16.7 Å². The number of carboxylic acid groups (broad SMARTS) is 1. The van der Waals surface area contributed by atoms with E-state index in [-0.39, 0.29) is 5.75 Å². The quantitative estimate of drug-likeness (QED) is 0.916. The van der Waals surface area contributed by atoms with Crippen molar-refractivity contribution < 1.29 is 14.1 Å². The lowest BCUT2D eigenvalue weighted by Crippen LogP contribution is -2.37. The summed E-state index contributed by atoms with van der Waals surface area (Å²) in [7, 11) is -1.53. The number of halogens is 2. The van der Waals surface area contributed by atoms with E-state index in [1.54, 1.807) is 18.2 Å². The zero-order valence-electron chi connectivity index (χ0n) is 9.37. The molecule has 0 aliphatic heterocycles. The van der Waals surface area contributed by atoms with E-state index in [9.17, 15) is 9.00 Å². The molecule has 0 radical (unpaired) electrons. The molecule has 0 aliphatic rings. The molecule has 0 saturated carbocycles. The summed E-state index contributed by atoms with van der Waals surface area (Å²) < 4.78 is 11.5. The molecule has 0 amide bonds. The first-order chi connectivity index (χ1) is 7.75. The van der Waals surface area contributed by atoms with Gasteiger partial charge in [0, 0.05) is 20.3 Å². The normalized spacial score (nSPS) is 13.4. The SMILES string of the molecule is CC(C)(C(=O)O)S(=O)Cc1ccc(Br)cc1Cl. The minimum absolute atomic E-state index is 0.130. The summed E-state index contributed by atoms with van der Waals surface area (Å²) in [5, 5.41) is 9.45. The van der Waals surface area contributed by atoms with Gasteiger partial charge in [-0.3, -0.25) is 9.00 Å². The van der Waals surface area contributed by atoms with Gasteiger partial charge in [-0.15, -0.1) is 0 Å². The second-order valence-corrected chi connectivity index (χ2v) is 7.36. The van der Waals surface area contributed by atoms with Crippen LogP contribution in [-0.2, 0) is 21.3 Å². The summed E-state index contributed by atoms with van der Waals surface area (Å²) in [6, 6.07) is 5.22. The summed E-state index contributed by atoms with van der Waals surface area (Å²) in [5.41, 5.74) is 0.683. The number of carbonyl (C=O) groups is 1. The first-order valence-electron chi connectivity index (χ1n) is 4.81. The summed E-state index contributed by atoms with van der Waals surface area (Å²) in [6.45, 7) is 2.89. The number of carboxylic acids is 1. The predicted molar refractivity (Wildman–Crippen MR) is 72.7 cm³/mol. The molecule has 0 fully saturated rings. The molecule has 1 unspecified atom stereocenters.